The first kappa shape index (κ1) is 8.83. The highest BCUT2D eigenvalue weighted by molar-refractivity contribution is 14.1. The van der Waals surface area contributed by atoms with Crippen molar-refractivity contribution in [1.82, 2.24) is 0 Å². The number of rotatable bonds is 0. The fraction of sp³-hybridized carbons (Fsp3) is 0.143. The van der Waals surface area contributed by atoms with Gasteiger partial charge in [-0.05, 0) is 41.1 Å². The van der Waals surface area contributed by atoms with Gasteiger partial charge in [0.2, 0.25) is 0 Å². The zero-order valence-corrected chi connectivity index (χ0v) is 7.75. The highest BCUT2D eigenvalue weighted by Gasteiger charge is 2.13. The highest BCUT2D eigenvalue weighted by atomic mass is 127. The van der Waals surface area contributed by atoms with Gasteiger partial charge in [0.1, 0.15) is 5.82 Å². The Kier molecular flexibility index (Phi) is 2.41. The van der Waals surface area contributed by atoms with Gasteiger partial charge in [0.05, 0.1) is 3.57 Å². The van der Waals surface area contributed by atoms with Gasteiger partial charge < -0.3 is 0 Å². The van der Waals surface area contributed by atoms with E-state index in [0.717, 1.165) is 6.07 Å². The molecule has 60 valence electrons. The zero-order chi connectivity index (χ0) is 8.59. The minimum atomic E-state index is -1.12. The summed E-state index contributed by atoms with van der Waals surface area (Å²) >= 11 is 1.43. The molecule has 1 aromatic carbocycles. The second-order valence-corrected chi connectivity index (χ2v) is 3.20. The summed E-state index contributed by atoms with van der Waals surface area (Å²) in [4.78, 5) is 0. The van der Waals surface area contributed by atoms with Crippen LogP contribution in [0, 0.1) is 27.9 Å². The molecule has 0 radical (unpaired) electrons. The van der Waals surface area contributed by atoms with E-state index in [2.05, 4.69) is 0 Å². The molecule has 0 saturated heterocycles. The highest BCUT2D eigenvalue weighted by Crippen LogP contribution is 2.20. The summed E-state index contributed by atoms with van der Waals surface area (Å²) in [7, 11) is 0. The Morgan fingerprint density at radius 2 is 1.73 bits per heavy atom. The van der Waals surface area contributed by atoms with E-state index in [0.29, 0.717) is 0 Å². The molecular formula is C7H4F3I. The second kappa shape index (κ2) is 3.00. The molecule has 0 N–H and O–H groups in total. The van der Waals surface area contributed by atoms with Gasteiger partial charge in [-0.25, -0.2) is 13.2 Å². The van der Waals surface area contributed by atoms with Crippen molar-refractivity contribution in [2.75, 3.05) is 0 Å². The molecule has 0 aliphatic carbocycles. The van der Waals surface area contributed by atoms with E-state index in [1.807, 2.05) is 0 Å². The van der Waals surface area contributed by atoms with Crippen LogP contribution in [-0.4, -0.2) is 0 Å². The lowest BCUT2D eigenvalue weighted by Gasteiger charge is -2.00. The molecule has 0 nitrogen and oxygen atoms in total. The molecule has 11 heavy (non-hydrogen) atoms. The monoisotopic (exact) mass is 272 g/mol. The number of hydrogen-bond acceptors (Lipinski definition) is 0. The third-order valence-electron chi connectivity index (χ3n) is 1.28. The van der Waals surface area contributed by atoms with Crippen LogP contribution in [0.25, 0.3) is 0 Å². The molecule has 0 heterocycles. The van der Waals surface area contributed by atoms with Crippen LogP contribution in [0.2, 0.25) is 0 Å². The third-order valence-corrected chi connectivity index (χ3v) is 2.23. The number of hydrogen-bond donors (Lipinski definition) is 0. The van der Waals surface area contributed by atoms with Gasteiger partial charge in [-0.3, -0.25) is 0 Å². The van der Waals surface area contributed by atoms with Gasteiger partial charge in [0.15, 0.2) is 11.6 Å². The molecule has 0 aliphatic rings. The van der Waals surface area contributed by atoms with Crippen LogP contribution in [-0.2, 0) is 0 Å². The van der Waals surface area contributed by atoms with Gasteiger partial charge in [-0.15, -0.1) is 0 Å². The molecule has 0 atom stereocenters. The standard InChI is InChI=1S/C7H4F3I/c1-3-2-4(8)6(10)7(11)5(3)9/h2H,1H3. The van der Waals surface area contributed by atoms with Crippen LogP contribution >= 0.6 is 22.6 Å². The molecule has 0 saturated carbocycles. The number of benzene rings is 1. The maximum absolute atomic E-state index is 12.8. The fourth-order valence-corrected chi connectivity index (χ4v) is 1.37. The van der Waals surface area contributed by atoms with Crippen molar-refractivity contribution in [1.29, 1.82) is 0 Å². The van der Waals surface area contributed by atoms with Gasteiger partial charge in [0.25, 0.3) is 0 Å². The van der Waals surface area contributed by atoms with Gasteiger partial charge >= 0.3 is 0 Å². The van der Waals surface area contributed by atoms with Crippen LogP contribution in [0.3, 0.4) is 0 Å². The maximum Gasteiger partial charge on any atom is 0.175 e. The van der Waals surface area contributed by atoms with Crippen LogP contribution in [0.15, 0.2) is 6.07 Å². The quantitative estimate of drug-likeness (QED) is 0.387. The van der Waals surface area contributed by atoms with Crippen molar-refractivity contribution >= 4 is 22.6 Å². The Morgan fingerprint density at radius 1 is 1.18 bits per heavy atom. The molecule has 0 fully saturated rings. The van der Waals surface area contributed by atoms with E-state index in [9.17, 15) is 13.2 Å². The summed E-state index contributed by atoms with van der Waals surface area (Å²) in [5.41, 5.74) is 0.119. The average molecular weight is 272 g/mol. The van der Waals surface area contributed by atoms with Crippen molar-refractivity contribution < 1.29 is 13.2 Å². The summed E-state index contributed by atoms with van der Waals surface area (Å²) in [5, 5.41) is 0. The molecule has 0 bridgehead atoms. The van der Waals surface area contributed by atoms with Crippen LogP contribution in [0.4, 0.5) is 13.2 Å². The first-order chi connectivity index (χ1) is 5.04. The van der Waals surface area contributed by atoms with Gasteiger partial charge in [-0.1, -0.05) is 0 Å². The molecule has 0 spiro atoms. The molecule has 0 amide bonds. The maximum atomic E-state index is 12.8. The second-order valence-electron chi connectivity index (χ2n) is 2.12. The first-order valence-electron chi connectivity index (χ1n) is 2.83. The fourth-order valence-electron chi connectivity index (χ4n) is 0.691. The van der Waals surface area contributed by atoms with Crippen LogP contribution < -0.4 is 0 Å². The molecule has 0 unspecified atom stereocenters. The lowest BCUT2D eigenvalue weighted by molar-refractivity contribution is 0.484. The van der Waals surface area contributed by atoms with E-state index in [1.54, 1.807) is 0 Å². The Morgan fingerprint density at radius 3 is 2.27 bits per heavy atom. The Labute approximate surface area is 75.6 Å². The smallest absolute Gasteiger partial charge is 0.175 e. The van der Waals surface area contributed by atoms with Crippen molar-refractivity contribution in [3.63, 3.8) is 0 Å². The predicted octanol–water partition coefficient (Wildman–Crippen LogP) is 3.02. The third kappa shape index (κ3) is 1.50. The minimum Gasteiger partial charge on any atom is -0.205 e. The predicted molar refractivity (Wildman–Crippen MR) is 43.8 cm³/mol. The van der Waals surface area contributed by atoms with Crippen LogP contribution in [0.1, 0.15) is 5.56 Å². The van der Waals surface area contributed by atoms with E-state index in [1.165, 1.54) is 29.5 Å². The van der Waals surface area contributed by atoms with Gasteiger partial charge in [0, 0.05) is 0 Å². The average Bonchev–Trinajstić information content (AvgIpc) is 1.97. The SMILES string of the molecule is Cc1cc(F)c(F)c(I)c1F. The van der Waals surface area contributed by atoms with E-state index in [4.69, 9.17) is 0 Å². The van der Waals surface area contributed by atoms with E-state index in [-0.39, 0.29) is 9.13 Å². The summed E-state index contributed by atoms with van der Waals surface area (Å²) in [6, 6.07) is 0.840. The summed E-state index contributed by atoms with van der Waals surface area (Å²) in [6.07, 6.45) is 0. The molecule has 0 aliphatic heterocycles. The Bertz CT molecular complexity index is 270. The van der Waals surface area contributed by atoms with Crippen molar-refractivity contribution in [3.8, 4) is 0 Å². The van der Waals surface area contributed by atoms with Gasteiger partial charge in [-0.2, -0.15) is 0 Å². The molecule has 0 aromatic heterocycles. The summed E-state index contributed by atoms with van der Waals surface area (Å²) < 4.78 is 37.5. The first-order valence-corrected chi connectivity index (χ1v) is 3.91. The molecule has 1 rings (SSSR count). The molecule has 1 aromatic rings. The molecule has 4 heteroatoms. The van der Waals surface area contributed by atoms with Crippen molar-refractivity contribution in [2.24, 2.45) is 0 Å². The number of halogens is 4. The van der Waals surface area contributed by atoms with Crippen molar-refractivity contribution in [2.45, 2.75) is 6.92 Å². The van der Waals surface area contributed by atoms with E-state index >= 15 is 0 Å². The summed E-state index contributed by atoms with van der Waals surface area (Å²) in [6.45, 7) is 1.39. The minimum absolute atomic E-state index is 0.119. The lowest BCUT2D eigenvalue weighted by atomic mass is 10.2. The Balaban J connectivity index is 3.46. The zero-order valence-electron chi connectivity index (χ0n) is 5.59. The molecular weight excluding hydrogens is 268 g/mol. The van der Waals surface area contributed by atoms with Crippen molar-refractivity contribution in [3.05, 3.63) is 32.7 Å². The normalized spacial score (nSPS) is 10.3. The summed E-state index contributed by atoms with van der Waals surface area (Å²) in [5.74, 6) is -2.81. The number of aryl methyl sites for hydroxylation is 1. The Hall–Kier alpha value is -0.260. The largest absolute Gasteiger partial charge is 0.205 e. The van der Waals surface area contributed by atoms with E-state index < -0.39 is 17.5 Å². The van der Waals surface area contributed by atoms with Crippen LogP contribution in [0.5, 0.6) is 0 Å². The topological polar surface area (TPSA) is 0 Å². The lowest BCUT2D eigenvalue weighted by Crippen LogP contribution is -1.96.